The molecule has 0 aliphatic heterocycles. The smallest absolute Gasteiger partial charge is 0.00999 e. The van der Waals surface area contributed by atoms with Crippen LogP contribution in [0.1, 0.15) is 25.0 Å². The van der Waals surface area contributed by atoms with Crippen molar-refractivity contribution < 1.29 is 5.48 Å². The first-order valence-corrected chi connectivity index (χ1v) is 5.90. The van der Waals surface area contributed by atoms with Gasteiger partial charge in [-0.15, -0.1) is 6.58 Å². The van der Waals surface area contributed by atoms with Crippen molar-refractivity contribution in [2.45, 2.75) is 27.2 Å². The zero-order chi connectivity index (χ0) is 12.0. The molecule has 0 fully saturated rings. The van der Waals surface area contributed by atoms with Crippen molar-refractivity contribution in [3.8, 4) is 0 Å². The fourth-order valence-corrected chi connectivity index (χ4v) is 1.71. The molecule has 2 aromatic carbocycles. The molecule has 0 bridgehead atoms. The van der Waals surface area contributed by atoms with Gasteiger partial charge in [-0.2, -0.15) is 0 Å². The van der Waals surface area contributed by atoms with E-state index in [1.807, 2.05) is 19.9 Å². The van der Waals surface area contributed by atoms with E-state index in [-0.39, 0.29) is 5.48 Å². The molecule has 0 saturated heterocycles. The largest absolute Gasteiger partial charge is 0.412 e. The van der Waals surface area contributed by atoms with E-state index in [9.17, 15) is 0 Å². The Bertz CT molecular complexity index is 472. The molecular weight excluding hydrogens is 208 g/mol. The third-order valence-corrected chi connectivity index (χ3v) is 2.44. The minimum absolute atomic E-state index is 0. The first kappa shape index (κ1) is 15.4. The van der Waals surface area contributed by atoms with Gasteiger partial charge in [-0.05, 0) is 29.7 Å². The number of fused-ring (bicyclic) bond motifs is 1. The van der Waals surface area contributed by atoms with Gasteiger partial charge in [0.05, 0.1) is 0 Å². The molecule has 0 aromatic heterocycles. The highest BCUT2D eigenvalue weighted by Gasteiger charge is 1.95. The third-order valence-electron chi connectivity index (χ3n) is 2.44. The van der Waals surface area contributed by atoms with Gasteiger partial charge in [0.1, 0.15) is 0 Å². The molecule has 1 heteroatoms. The normalized spacial score (nSPS) is 8.88. The molecule has 2 aromatic rings. The highest BCUT2D eigenvalue weighted by molar-refractivity contribution is 5.83. The van der Waals surface area contributed by atoms with Crippen LogP contribution < -0.4 is 0 Å². The maximum atomic E-state index is 3.75. The van der Waals surface area contributed by atoms with Crippen molar-refractivity contribution in [2.24, 2.45) is 0 Å². The topological polar surface area (TPSA) is 31.5 Å². The molecule has 0 saturated carbocycles. The Hall–Kier alpha value is -1.60. The fraction of sp³-hybridized carbons (Fsp3) is 0.250. The SMILES string of the molecule is C=CCc1ccc2cc(C)ccc2c1.CC.O. The Balaban J connectivity index is 0.000000811. The lowest BCUT2D eigenvalue weighted by Gasteiger charge is -2.02. The van der Waals surface area contributed by atoms with Crippen LogP contribution in [0.15, 0.2) is 49.1 Å². The second kappa shape index (κ2) is 7.64. The molecule has 0 amide bonds. The summed E-state index contributed by atoms with van der Waals surface area (Å²) in [5, 5.41) is 2.63. The summed E-state index contributed by atoms with van der Waals surface area (Å²) in [4.78, 5) is 0. The van der Waals surface area contributed by atoms with Crippen molar-refractivity contribution in [2.75, 3.05) is 0 Å². The summed E-state index contributed by atoms with van der Waals surface area (Å²) < 4.78 is 0. The Labute approximate surface area is 104 Å². The standard InChI is InChI=1S/C14H14.C2H6.H2O/c1-3-4-12-6-8-13-9-11(2)5-7-14(13)10-12;1-2;/h3,5-10H,1,4H2,2H3;1-2H3;1H2. The van der Waals surface area contributed by atoms with Gasteiger partial charge in [-0.3, -0.25) is 0 Å². The number of rotatable bonds is 2. The number of allylic oxidation sites excluding steroid dienone is 1. The second-order valence-electron chi connectivity index (χ2n) is 3.68. The minimum atomic E-state index is 0. The molecule has 0 heterocycles. The van der Waals surface area contributed by atoms with Crippen LogP contribution in [0.25, 0.3) is 10.8 Å². The summed E-state index contributed by atoms with van der Waals surface area (Å²) in [6, 6.07) is 13.1. The molecule has 1 nitrogen and oxygen atoms in total. The van der Waals surface area contributed by atoms with Crippen molar-refractivity contribution in [1.82, 2.24) is 0 Å². The molecule has 0 spiro atoms. The molecule has 0 atom stereocenters. The highest BCUT2D eigenvalue weighted by atomic mass is 16.0. The number of benzene rings is 2. The molecule has 2 rings (SSSR count). The zero-order valence-electron chi connectivity index (χ0n) is 11.0. The van der Waals surface area contributed by atoms with E-state index in [0.29, 0.717) is 0 Å². The summed E-state index contributed by atoms with van der Waals surface area (Å²) in [5.74, 6) is 0. The van der Waals surface area contributed by atoms with Gasteiger partial charge in [0.25, 0.3) is 0 Å². The molecular formula is C16H22O. The van der Waals surface area contributed by atoms with Crippen LogP contribution in [-0.4, -0.2) is 5.48 Å². The van der Waals surface area contributed by atoms with E-state index in [4.69, 9.17) is 0 Å². The molecule has 92 valence electrons. The Kier molecular flexibility index (Phi) is 6.92. The van der Waals surface area contributed by atoms with Gasteiger partial charge in [0.2, 0.25) is 0 Å². The van der Waals surface area contributed by atoms with E-state index in [2.05, 4.69) is 49.9 Å². The van der Waals surface area contributed by atoms with Crippen molar-refractivity contribution in [1.29, 1.82) is 0 Å². The first-order valence-electron chi connectivity index (χ1n) is 5.90. The lowest BCUT2D eigenvalue weighted by Crippen LogP contribution is -1.81. The number of aryl methyl sites for hydroxylation is 1. The average Bonchev–Trinajstić information content (AvgIpc) is 2.32. The van der Waals surface area contributed by atoms with Crippen LogP contribution in [0.2, 0.25) is 0 Å². The van der Waals surface area contributed by atoms with Gasteiger partial charge < -0.3 is 5.48 Å². The maximum Gasteiger partial charge on any atom is -0.00999 e. The van der Waals surface area contributed by atoms with Crippen LogP contribution in [0.5, 0.6) is 0 Å². The van der Waals surface area contributed by atoms with Gasteiger partial charge >= 0.3 is 0 Å². The Morgan fingerprint density at radius 2 is 1.59 bits per heavy atom. The highest BCUT2D eigenvalue weighted by Crippen LogP contribution is 2.17. The van der Waals surface area contributed by atoms with Crippen molar-refractivity contribution >= 4 is 10.8 Å². The van der Waals surface area contributed by atoms with E-state index in [1.54, 1.807) is 0 Å². The van der Waals surface area contributed by atoms with Crippen LogP contribution in [0.4, 0.5) is 0 Å². The summed E-state index contributed by atoms with van der Waals surface area (Å²) >= 11 is 0. The summed E-state index contributed by atoms with van der Waals surface area (Å²) in [6.45, 7) is 9.87. The monoisotopic (exact) mass is 230 g/mol. The first-order chi connectivity index (χ1) is 7.79. The molecule has 2 N–H and O–H groups in total. The molecule has 0 unspecified atom stereocenters. The molecule has 0 aliphatic rings. The van der Waals surface area contributed by atoms with E-state index >= 15 is 0 Å². The van der Waals surface area contributed by atoms with Crippen molar-refractivity contribution in [3.63, 3.8) is 0 Å². The predicted octanol–water partition coefficient (Wildman–Crippen LogP) is 4.08. The van der Waals surface area contributed by atoms with Gasteiger partial charge in [0.15, 0.2) is 0 Å². The Morgan fingerprint density at radius 3 is 2.24 bits per heavy atom. The predicted molar refractivity (Wildman–Crippen MR) is 77.5 cm³/mol. The van der Waals surface area contributed by atoms with Crippen LogP contribution >= 0.6 is 0 Å². The third kappa shape index (κ3) is 4.04. The number of hydrogen-bond acceptors (Lipinski definition) is 0. The minimum Gasteiger partial charge on any atom is -0.412 e. The Morgan fingerprint density at radius 1 is 1.00 bits per heavy atom. The molecule has 17 heavy (non-hydrogen) atoms. The second-order valence-corrected chi connectivity index (χ2v) is 3.68. The quantitative estimate of drug-likeness (QED) is 0.696. The maximum absolute atomic E-state index is 3.75. The van der Waals surface area contributed by atoms with Gasteiger partial charge in [-0.25, -0.2) is 0 Å². The van der Waals surface area contributed by atoms with Crippen molar-refractivity contribution in [3.05, 3.63) is 60.2 Å². The lowest BCUT2D eigenvalue weighted by atomic mass is 10.0. The van der Waals surface area contributed by atoms with E-state index in [1.165, 1.54) is 21.9 Å². The lowest BCUT2D eigenvalue weighted by molar-refractivity contribution is 0.824. The van der Waals surface area contributed by atoms with E-state index < -0.39 is 0 Å². The fourth-order valence-electron chi connectivity index (χ4n) is 1.71. The van der Waals surface area contributed by atoms with Crippen LogP contribution in [0.3, 0.4) is 0 Å². The molecule has 0 radical (unpaired) electrons. The average molecular weight is 230 g/mol. The zero-order valence-corrected chi connectivity index (χ0v) is 11.0. The molecule has 0 aliphatic carbocycles. The van der Waals surface area contributed by atoms with Gasteiger partial charge in [-0.1, -0.05) is 61.9 Å². The van der Waals surface area contributed by atoms with Gasteiger partial charge in [0, 0.05) is 0 Å². The van der Waals surface area contributed by atoms with Crippen LogP contribution in [-0.2, 0) is 6.42 Å². The summed E-state index contributed by atoms with van der Waals surface area (Å²) in [6.07, 6.45) is 2.89. The summed E-state index contributed by atoms with van der Waals surface area (Å²) in [5.41, 5.74) is 2.64. The summed E-state index contributed by atoms with van der Waals surface area (Å²) in [7, 11) is 0. The van der Waals surface area contributed by atoms with E-state index in [0.717, 1.165) is 6.42 Å². The van der Waals surface area contributed by atoms with Crippen LogP contribution in [0, 0.1) is 6.92 Å². The number of hydrogen-bond donors (Lipinski definition) is 0.